The summed E-state index contributed by atoms with van der Waals surface area (Å²) in [6.07, 6.45) is 0. The molecule has 0 fully saturated rings. The van der Waals surface area contributed by atoms with Gasteiger partial charge in [-0.05, 0) is 65.2 Å². The van der Waals surface area contributed by atoms with E-state index in [9.17, 15) is 12.8 Å². The van der Waals surface area contributed by atoms with Gasteiger partial charge in [-0.2, -0.15) is 0 Å². The molecule has 0 saturated heterocycles. The Morgan fingerprint density at radius 3 is 2.52 bits per heavy atom. The predicted molar refractivity (Wildman–Crippen MR) is 85.2 cm³/mol. The van der Waals surface area contributed by atoms with E-state index in [0.717, 1.165) is 6.07 Å². The van der Waals surface area contributed by atoms with Gasteiger partial charge in [0.25, 0.3) is 10.0 Å². The van der Waals surface area contributed by atoms with Gasteiger partial charge in [0, 0.05) is 10.2 Å². The lowest BCUT2D eigenvalue weighted by molar-refractivity contribution is 0.600. The number of nitrogen functional groups attached to an aromatic ring is 1. The molecule has 0 heterocycles. The summed E-state index contributed by atoms with van der Waals surface area (Å²) in [4.78, 5) is 0.110. The SMILES string of the molecule is Cc1ccc(N)c(C)c1S(=O)(=O)Nc1cc(F)ccc1Br. The van der Waals surface area contributed by atoms with Crippen LogP contribution in [0.5, 0.6) is 0 Å². The van der Waals surface area contributed by atoms with Crippen molar-refractivity contribution in [2.75, 3.05) is 10.5 Å². The van der Waals surface area contributed by atoms with Crippen LogP contribution in [0.25, 0.3) is 0 Å². The molecule has 0 spiro atoms. The zero-order valence-corrected chi connectivity index (χ0v) is 13.8. The highest BCUT2D eigenvalue weighted by atomic mass is 79.9. The van der Waals surface area contributed by atoms with Crippen molar-refractivity contribution in [2.24, 2.45) is 0 Å². The second-order valence-corrected chi connectivity index (χ2v) is 7.13. The van der Waals surface area contributed by atoms with E-state index < -0.39 is 15.8 Å². The van der Waals surface area contributed by atoms with Gasteiger partial charge < -0.3 is 5.73 Å². The van der Waals surface area contributed by atoms with Crippen LogP contribution < -0.4 is 10.5 Å². The third kappa shape index (κ3) is 3.19. The highest BCUT2D eigenvalue weighted by Gasteiger charge is 2.22. The molecule has 21 heavy (non-hydrogen) atoms. The van der Waals surface area contributed by atoms with Gasteiger partial charge in [-0.3, -0.25) is 4.72 Å². The summed E-state index contributed by atoms with van der Waals surface area (Å²) < 4.78 is 41.2. The third-order valence-corrected chi connectivity index (χ3v) is 5.43. The molecule has 0 aliphatic rings. The standard InChI is InChI=1S/C14H14BrFN2O2S/c1-8-3-6-12(17)9(2)14(8)21(19,20)18-13-7-10(16)4-5-11(13)15/h3-7,18H,17H2,1-2H3. The second-order valence-electron chi connectivity index (χ2n) is 4.66. The van der Waals surface area contributed by atoms with Crippen LogP contribution in [0, 0.1) is 19.7 Å². The Labute approximate surface area is 131 Å². The molecule has 0 amide bonds. The van der Waals surface area contributed by atoms with Crippen molar-refractivity contribution in [1.29, 1.82) is 0 Å². The Hall–Kier alpha value is -1.60. The van der Waals surface area contributed by atoms with Crippen LogP contribution in [0.15, 0.2) is 39.7 Å². The zero-order chi connectivity index (χ0) is 15.8. The van der Waals surface area contributed by atoms with E-state index in [0.29, 0.717) is 21.3 Å². The van der Waals surface area contributed by atoms with Gasteiger partial charge in [0.1, 0.15) is 5.82 Å². The Morgan fingerprint density at radius 1 is 1.19 bits per heavy atom. The molecule has 0 aliphatic carbocycles. The minimum atomic E-state index is -3.86. The summed E-state index contributed by atoms with van der Waals surface area (Å²) >= 11 is 3.19. The van der Waals surface area contributed by atoms with E-state index in [1.54, 1.807) is 26.0 Å². The van der Waals surface area contributed by atoms with E-state index >= 15 is 0 Å². The maximum absolute atomic E-state index is 13.3. The van der Waals surface area contributed by atoms with Crippen LogP contribution >= 0.6 is 15.9 Å². The molecule has 4 nitrogen and oxygen atoms in total. The first kappa shape index (κ1) is 15.8. The maximum Gasteiger partial charge on any atom is 0.262 e. The minimum absolute atomic E-state index is 0.110. The molecular weight excluding hydrogens is 359 g/mol. The molecule has 0 bridgehead atoms. The van der Waals surface area contributed by atoms with E-state index in [1.165, 1.54) is 12.1 Å². The number of benzene rings is 2. The van der Waals surface area contributed by atoms with Crippen LogP contribution in [0.4, 0.5) is 15.8 Å². The molecule has 0 unspecified atom stereocenters. The third-order valence-electron chi connectivity index (χ3n) is 3.09. The zero-order valence-electron chi connectivity index (χ0n) is 11.4. The first-order valence-corrected chi connectivity index (χ1v) is 8.33. The predicted octanol–water partition coefficient (Wildman–Crippen LogP) is 3.59. The summed E-state index contributed by atoms with van der Waals surface area (Å²) in [5.74, 6) is -0.531. The van der Waals surface area contributed by atoms with Crippen LogP contribution in [0.1, 0.15) is 11.1 Å². The quantitative estimate of drug-likeness (QED) is 0.808. The topological polar surface area (TPSA) is 72.2 Å². The lowest BCUT2D eigenvalue weighted by Crippen LogP contribution is -2.17. The van der Waals surface area contributed by atoms with Gasteiger partial charge in [0.15, 0.2) is 0 Å². The minimum Gasteiger partial charge on any atom is -0.398 e. The molecule has 7 heteroatoms. The molecule has 0 aliphatic heterocycles. The summed E-state index contributed by atoms with van der Waals surface area (Å²) in [6, 6.07) is 7.07. The molecular formula is C14H14BrFN2O2S. The van der Waals surface area contributed by atoms with Crippen LogP contribution in [0.2, 0.25) is 0 Å². The Balaban J connectivity index is 2.54. The van der Waals surface area contributed by atoms with Crippen molar-refractivity contribution >= 4 is 37.3 Å². The van der Waals surface area contributed by atoms with Crippen LogP contribution in [-0.2, 0) is 10.0 Å². The summed E-state index contributed by atoms with van der Waals surface area (Å²) in [5.41, 5.74) is 7.33. The molecule has 2 rings (SSSR count). The average molecular weight is 373 g/mol. The van der Waals surface area contributed by atoms with E-state index in [4.69, 9.17) is 5.73 Å². The number of hydrogen-bond acceptors (Lipinski definition) is 3. The number of rotatable bonds is 3. The summed E-state index contributed by atoms with van der Waals surface area (Å²) in [7, 11) is -3.86. The monoisotopic (exact) mass is 372 g/mol. The summed E-state index contributed by atoms with van der Waals surface area (Å²) in [6.45, 7) is 3.32. The van der Waals surface area contributed by atoms with Crippen molar-refractivity contribution in [3.8, 4) is 0 Å². The molecule has 112 valence electrons. The van der Waals surface area contributed by atoms with Gasteiger partial charge in [-0.15, -0.1) is 0 Å². The van der Waals surface area contributed by atoms with Gasteiger partial charge >= 0.3 is 0 Å². The van der Waals surface area contributed by atoms with Crippen molar-refractivity contribution < 1.29 is 12.8 Å². The second kappa shape index (κ2) is 5.65. The number of aryl methyl sites for hydroxylation is 1. The smallest absolute Gasteiger partial charge is 0.262 e. The fraction of sp³-hybridized carbons (Fsp3) is 0.143. The van der Waals surface area contributed by atoms with Gasteiger partial charge in [0.2, 0.25) is 0 Å². The number of hydrogen-bond donors (Lipinski definition) is 2. The fourth-order valence-corrected chi connectivity index (χ4v) is 4.08. The van der Waals surface area contributed by atoms with Crippen LogP contribution in [0.3, 0.4) is 0 Å². The van der Waals surface area contributed by atoms with Crippen molar-refractivity contribution in [3.63, 3.8) is 0 Å². The number of sulfonamides is 1. The van der Waals surface area contributed by atoms with Gasteiger partial charge in [0.05, 0.1) is 10.6 Å². The van der Waals surface area contributed by atoms with Crippen molar-refractivity contribution in [1.82, 2.24) is 0 Å². The van der Waals surface area contributed by atoms with Crippen molar-refractivity contribution in [2.45, 2.75) is 18.7 Å². The Bertz CT molecular complexity index is 807. The molecule has 0 radical (unpaired) electrons. The molecule has 0 atom stereocenters. The molecule has 0 saturated carbocycles. The highest BCUT2D eigenvalue weighted by molar-refractivity contribution is 9.10. The molecule has 3 N–H and O–H groups in total. The molecule has 0 aromatic heterocycles. The van der Waals surface area contributed by atoms with Gasteiger partial charge in [-0.1, -0.05) is 6.07 Å². The highest BCUT2D eigenvalue weighted by Crippen LogP contribution is 2.29. The Kier molecular flexibility index (Phi) is 4.25. The number of halogens is 2. The van der Waals surface area contributed by atoms with Crippen LogP contribution in [-0.4, -0.2) is 8.42 Å². The maximum atomic E-state index is 13.3. The fourth-order valence-electron chi connectivity index (χ4n) is 2.03. The van der Waals surface area contributed by atoms with E-state index in [1.807, 2.05) is 0 Å². The van der Waals surface area contributed by atoms with E-state index in [2.05, 4.69) is 20.7 Å². The molecule has 2 aromatic rings. The first-order valence-electron chi connectivity index (χ1n) is 6.06. The van der Waals surface area contributed by atoms with Crippen molar-refractivity contribution in [3.05, 3.63) is 51.7 Å². The normalized spacial score (nSPS) is 11.4. The van der Waals surface area contributed by atoms with Gasteiger partial charge in [-0.25, -0.2) is 12.8 Å². The van der Waals surface area contributed by atoms with E-state index in [-0.39, 0.29) is 10.6 Å². The average Bonchev–Trinajstić information content (AvgIpc) is 2.38. The first-order chi connectivity index (χ1) is 9.72. The largest absolute Gasteiger partial charge is 0.398 e. The number of nitrogens with one attached hydrogen (secondary N) is 1. The summed E-state index contributed by atoms with van der Waals surface area (Å²) in [5, 5.41) is 0. The molecule has 2 aromatic carbocycles. The lowest BCUT2D eigenvalue weighted by Gasteiger charge is -2.15. The number of anilines is 2. The number of nitrogens with two attached hydrogens (primary N) is 1. The Morgan fingerprint density at radius 2 is 1.86 bits per heavy atom. The lowest BCUT2D eigenvalue weighted by atomic mass is 10.1.